The summed E-state index contributed by atoms with van der Waals surface area (Å²) in [5.74, 6) is 0.861. The van der Waals surface area contributed by atoms with Gasteiger partial charge in [-0.3, -0.25) is 4.79 Å². The Bertz CT molecular complexity index is 690. The van der Waals surface area contributed by atoms with Crippen molar-refractivity contribution >= 4 is 16.7 Å². The first-order valence-corrected chi connectivity index (χ1v) is 8.50. The van der Waals surface area contributed by atoms with Crippen molar-refractivity contribution in [3.05, 3.63) is 48.0 Å². The highest BCUT2D eigenvalue weighted by molar-refractivity contribution is 5.89. The molecule has 1 amide bonds. The molecule has 0 bridgehead atoms. The third-order valence-electron chi connectivity index (χ3n) is 4.92. The zero-order valence-corrected chi connectivity index (χ0v) is 13.8. The standard InChI is InChI=1S/C20H25NO2/c1-13(2)19(10-11-22)21-20(23)18-12-17(18)16-9-5-7-14-6-3-4-8-15(14)16/h3-9,13,17-19,22H,10-12H2,1-2H3,(H,21,23). The highest BCUT2D eigenvalue weighted by Gasteiger charge is 2.45. The van der Waals surface area contributed by atoms with Crippen LogP contribution in [-0.2, 0) is 4.79 Å². The van der Waals surface area contributed by atoms with Crippen molar-refractivity contribution in [2.24, 2.45) is 11.8 Å². The molecule has 0 spiro atoms. The van der Waals surface area contributed by atoms with Gasteiger partial charge in [-0.15, -0.1) is 0 Å². The first-order valence-electron chi connectivity index (χ1n) is 8.50. The number of rotatable bonds is 6. The molecule has 3 nitrogen and oxygen atoms in total. The summed E-state index contributed by atoms with van der Waals surface area (Å²) in [6.07, 6.45) is 1.54. The van der Waals surface area contributed by atoms with Gasteiger partial charge in [0.1, 0.15) is 0 Å². The molecular formula is C20H25NO2. The van der Waals surface area contributed by atoms with Gasteiger partial charge >= 0.3 is 0 Å². The maximum Gasteiger partial charge on any atom is 0.223 e. The second-order valence-corrected chi connectivity index (χ2v) is 6.89. The second-order valence-electron chi connectivity index (χ2n) is 6.89. The first-order chi connectivity index (χ1) is 11.1. The minimum atomic E-state index is 0.0567. The topological polar surface area (TPSA) is 49.3 Å². The Morgan fingerprint density at radius 2 is 1.96 bits per heavy atom. The number of nitrogens with one attached hydrogen (secondary N) is 1. The Kier molecular flexibility index (Phi) is 4.67. The lowest BCUT2D eigenvalue weighted by atomic mass is 9.99. The molecule has 0 aliphatic heterocycles. The molecule has 0 radical (unpaired) electrons. The van der Waals surface area contributed by atoms with E-state index in [0.29, 0.717) is 18.3 Å². The quantitative estimate of drug-likeness (QED) is 0.858. The summed E-state index contributed by atoms with van der Waals surface area (Å²) in [5.41, 5.74) is 1.28. The van der Waals surface area contributed by atoms with E-state index in [1.807, 2.05) is 6.07 Å². The normalized spacial score (nSPS) is 21.4. The summed E-state index contributed by atoms with van der Waals surface area (Å²) in [7, 11) is 0. The molecule has 3 rings (SSSR count). The maximum atomic E-state index is 12.5. The number of hydrogen-bond acceptors (Lipinski definition) is 2. The van der Waals surface area contributed by atoms with Crippen molar-refractivity contribution in [2.45, 2.75) is 38.6 Å². The van der Waals surface area contributed by atoms with Gasteiger partial charge in [0.05, 0.1) is 0 Å². The van der Waals surface area contributed by atoms with E-state index < -0.39 is 0 Å². The van der Waals surface area contributed by atoms with Crippen molar-refractivity contribution in [1.82, 2.24) is 5.32 Å². The number of aliphatic hydroxyl groups is 1. The predicted octanol–water partition coefficient (Wildman–Crippen LogP) is 3.47. The molecule has 3 atom stereocenters. The number of carbonyl (C=O) groups is 1. The summed E-state index contributed by atoms with van der Waals surface area (Å²) in [4.78, 5) is 12.5. The molecule has 3 unspecified atom stereocenters. The van der Waals surface area contributed by atoms with Gasteiger partial charge in [0.2, 0.25) is 5.91 Å². The van der Waals surface area contributed by atoms with Gasteiger partial charge < -0.3 is 10.4 Å². The lowest BCUT2D eigenvalue weighted by molar-refractivity contribution is -0.123. The molecule has 0 saturated heterocycles. The zero-order valence-electron chi connectivity index (χ0n) is 13.8. The Morgan fingerprint density at radius 3 is 2.70 bits per heavy atom. The Balaban J connectivity index is 1.72. The highest BCUT2D eigenvalue weighted by Crippen LogP contribution is 2.49. The molecule has 3 heteroatoms. The molecule has 1 saturated carbocycles. The van der Waals surface area contributed by atoms with Crippen molar-refractivity contribution < 1.29 is 9.90 Å². The van der Waals surface area contributed by atoms with E-state index in [-0.39, 0.29) is 24.5 Å². The van der Waals surface area contributed by atoms with Crippen LogP contribution in [0.25, 0.3) is 10.8 Å². The Hall–Kier alpha value is -1.87. The lowest BCUT2D eigenvalue weighted by Gasteiger charge is -2.21. The molecule has 2 N–H and O–H groups in total. The monoisotopic (exact) mass is 311 g/mol. The van der Waals surface area contributed by atoms with E-state index in [1.165, 1.54) is 16.3 Å². The molecule has 122 valence electrons. The van der Waals surface area contributed by atoms with Crippen LogP contribution in [0.1, 0.15) is 38.2 Å². The van der Waals surface area contributed by atoms with Crippen LogP contribution < -0.4 is 5.32 Å². The summed E-state index contributed by atoms with van der Waals surface area (Å²) in [6, 6.07) is 14.8. The number of fused-ring (bicyclic) bond motifs is 1. The van der Waals surface area contributed by atoms with E-state index in [2.05, 4.69) is 55.6 Å². The van der Waals surface area contributed by atoms with Crippen LogP contribution in [0.3, 0.4) is 0 Å². The van der Waals surface area contributed by atoms with Gasteiger partial charge in [0.15, 0.2) is 0 Å². The van der Waals surface area contributed by atoms with Crippen molar-refractivity contribution in [1.29, 1.82) is 0 Å². The number of benzene rings is 2. The fraction of sp³-hybridized carbons (Fsp3) is 0.450. The number of carbonyl (C=O) groups excluding carboxylic acids is 1. The third-order valence-corrected chi connectivity index (χ3v) is 4.92. The zero-order chi connectivity index (χ0) is 16.4. The molecule has 23 heavy (non-hydrogen) atoms. The SMILES string of the molecule is CC(C)C(CCO)NC(=O)C1CC1c1cccc2ccccc12. The molecule has 1 aliphatic carbocycles. The van der Waals surface area contributed by atoms with Crippen molar-refractivity contribution in [3.8, 4) is 0 Å². The Morgan fingerprint density at radius 1 is 1.22 bits per heavy atom. The van der Waals surface area contributed by atoms with Gasteiger partial charge in [-0.05, 0) is 41.0 Å². The van der Waals surface area contributed by atoms with Crippen LogP contribution in [0.4, 0.5) is 0 Å². The van der Waals surface area contributed by atoms with Crippen LogP contribution in [0, 0.1) is 11.8 Å². The highest BCUT2D eigenvalue weighted by atomic mass is 16.3. The molecule has 0 aromatic heterocycles. The lowest BCUT2D eigenvalue weighted by Crippen LogP contribution is -2.40. The van der Waals surface area contributed by atoms with Gasteiger partial charge in [-0.25, -0.2) is 0 Å². The van der Waals surface area contributed by atoms with E-state index in [0.717, 1.165) is 6.42 Å². The van der Waals surface area contributed by atoms with Gasteiger partial charge in [0, 0.05) is 18.6 Å². The van der Waals surface area contributed by atoms with Gasteiger partial charge in [0.25, 0.3) is 0 Å². The van der Waals surface area contributed by atoms with Crippen LogP contribution >= 0.6 is 0 Å². The number of hydrogen-bond donors (Lipinski definition) is 2. The van der Waals surface area contributed by atoms with Crippen molar-refractivity contribution in [2.75, 3.05) is 6.61 Å². The molecular weight excluding hydrogens is 286 g/mol. The predicted molar refractivity (Wildman–Crippen MR) is 93.3 cm³/mol. The number of amides is 1. The van der Waals surface area contributed by atoms with E-state index >= 15 is 0 Å². The average Bonchev–Trinajstić information content (AvgIpc) is 3.34. The van der Waals surface area contributed by atoms with Crippen LogP contribution in [0.15, 0.2) is 42.5 Å². The average molecular weight is 311 g/mol. The maximum absolute atomic E-state index is 12.5. The fourth-order valence-electron chi connectivity index (χ4n) is 3.40. The molecule has 1 aliphatic rings. The molecule has 1 fully saturated rings. The first kappa shape index (κ1) is 16.0. The van der Waals surface area contributed by atoms with E-state index in [1.54, 1.807) is 0 Å². The third kappa shape index (κ3) is 3.40. The Labute approximate surface area is 137 Å². The van der Waals surface area contributed by atoms with Crippen LogP contribution in [0.2, 0.25) is 0 Å². The van der Waals surface area contributed by atoms with Crippen LogP contribution in [-0.4, -0.2) is 23.7 Å². The minimum Gasteiger partial charge on any atom is -0.396 e. The fourth-order valence-corrected chi connectivity index (χ4v) is 3.40. The molecule has 2 aromatic carbocycles. The minimum absolute atomic E-state index is 0.0567. The van der Waals surface area contributed by atoms with Crippen molar-refractivity contribution in [3.63, 3.8) is 0 Å². The summed E-state index contributed by atoms with van der Waals surface area (Å²) in [5, 5.41) is 14.8. The summed E-state index contributed by atoms with van der Waals surface area (Å²) < 4.78 is 0. The van der Waals surface area contributed by atoms with E-state index in [4.69, 9.17) is 5.11 Å². The number of aliphatic hydroxyl groups excluding tert-OH is 1. The molecule has 0 heterocycles. The van der Waals surface area contributed by atoms with Crippen LogP contribution in [0.5, 0.6) is 0 Å². The largest absolute Gasteiger partial charge is 0.396 e. The second kappa shape index (κ2) is 6.71. The molecule has 2 aromatic rings. The van der Waals surface area contributed by atoms with E-state index in [9.17, 15) is 4.79 Å². The van der Waals surface area contributed by atoms with Gasteiger partial charge in [-0.2, -0.15) is 0 Å². The summed E-state index contributed by atoms with van der Waals surface area (Å²) >= 11 is 0. The summed E-state index contributed by atoms with van der Waals surface area (Å²) in [6.45, 7) is 4.27. The smallest absolute Gasteiger partial charge is 0.223 e. The van der Waals surface area contributed by atoms with Gasteiger partial charge in [-0.1, -0.05) is 56.3 Å².